The number of nitrogens with zero attached hydrogens (tertiary/aromatic N) is 2. The predicted molar refractivity (Wildman–Crippen MR) is 194 cm³/mol. The molecule has 9 rings (SSSR count). The van der Waals surface area contributed by atoms with Crippen molar-refractivity contribution in [2.24, 2.45) is 0 Å². The first-order valence-electron chi connectivity index (χ1n) is 15.8. The number of aromatic nitrogens is 2. The van der Waals surface area contributed by atoms with Gasteiger partial charge in [-0.15, -0.1) is 0 Å². The average molecular weight is 590 g/mol. The fourth-order valence-corrected chi connectivity index (χ4v) is 6.96. The van der Waals surface area contributed by atoms with Gasteiger partial charge in [0.05, 0.1) is 28.6 Å². The van der Waals surface area contributed by atoms with E-state index in [1.54, 1.807) is 0 Å². The Morgan fingerprint density at radius 3 is 1.50 bits per heavy atom. The maximum absolute atomic E-state index is 3.72. The molecule has 218 valence electrons. The van der Waals surface area contributed by atoms with Crippen LogP contribution in [-0.4, -0.2) is 9.24 Å². The molecule has 3 nitrogen and oxygen atoms in total. The minimum atomic E-state index is 0.740. The molecule has 9 aromatic rings. The molecule has 0 aliphatic carbocycles. The second kappa shape index (κ2) is 10.8. The summed E-state index contributed by atoms with van der Waals surface area (Å²) in [7, 11) is 0. The molecule has 0 aliphatic rings. The van der Waals surface area contributed by atoms with E-state index < -0.39 is 0 Å². The molecule has 0 atom stereocenters. The Bertz CT molecular complexity index is 2510. The van der Waals surface area contributed by atoms with Crippen LogP contribution in [0.15, 0.2) is 170 Å². The van der Waals surface area contributed by atoms with Gasteiger partial charge in [0, 0.05) is 27.2 Å². The van der Waals surface area contributed by atoms with Crippen molar-refractivity contribution in [2.45, 2.75) is 6.54 Å². The Morgan fingerprint density at radius 2 is 0.848 bits per heavy atom. The Kier molecular flexibility index (Phi) is 6.20. The molecule has 0 unspecified atom stereocenters. The lowest BCUT2D eigenvalue weighted by molar-refractivity contribution is 0.901. The lowest BCUT2D eigenvalue weighted by atomic mass is 9.99. The number of hydrogen-bond acceptors (Lipinski definition) is 1. The largest absolute Gasteiger partial charge is 0.321 e. The molecular weight excluding hydrogens is 558 g/mol. The van der Waals surface area contributed by atoms with Gasteiger partial charge in [-0.3, -0.25) is 4.68 Å². The zero-order chi connectivity index (χ0) is 30.5. The summed E-state index contributed by atoms with van der Waals surface area (Å²) in [6, 6.07) is 61.2. The zero-order valence-corrected chi connectivity index (χ0v) is 25.3. The molecule has 0 spiro atoms. The van der Waals surface area contributed by atoms with Gasteiger partial charge in [0.1, 0.15) is 0 Å². The summed E-state index contributed by atoms with van der Waals surface area (Å²) in [4.78, 5) is 0. The lowest BCUT2D eigenvalue weighted by Crippen LogP contribution is -2.13. The summed E-state index contributed by atoms with van der Waals surface area (Å²) >= 11 is 0. The SMILES string of the molecule is c1ccc(CNn2c3ccc(-c4ccccc4)cc3c3cc(-c4ccc5c(c4)c4ccccc4n5-c4ccccc4)ccc32)cc1. The molecule has 46 heavy (non-hydrogen) atoms. The third kappa shape index (κ3) is 4.36. The number of para-hydroxylation sites is 2. The maximum atomic E-state index is 3.72. The molecule has 2 aromatic heterocycles. The van der Waals surface area contributed by atoms with Crippen molar-refractivity contribution < 1.29 is 0 Å². The molecule has 7 aromatic carbocycles. The molecule has 0 fully saturated rings. The highest BCUT2D eigenvalue weighted by molar-refractivity contribution is 6.12. The Hall–Kier alpha value is -6.06. The van der Waals surface area contributed by atoms with Crippen LogP contribution in [0.2, 0.25) is 0 Å². The van der Waals surface area contributed by atoms with E-state index in [-0.39, 0.29) is 0 Å². The van der Waals surface area contributed by atoms with E-state index in [0.29, 0.717) is 0 Å². The standard InChI is InChI=1S/C43H31N3/c1-4-12-30(13-5-1)29-44-46-42-24-21-32(31-14-6-2-7-15-31)26-38(42)39-28-34(22-25-43(39)46)33-20-23-41-37(27-33)36-18-10-11-19-40(36)45(41)35-16-8-3-9-17-35/h1-28,44H,29H2. The molecule has 0 radical (unpaired) electrons. The van der Waals surface area contributed by atoms with Crippen molar-refractivity contribution in [3.8, 4) is 27.9 Å². The van der Waals surface area contributed by atoms with Gasteiger partial charge in [-0.05, 0) is 82.4 Å². The maximum Gasteiger partial charge on any atom is 0.0706 e. The highest BCUT2D eigenvalue weighted by atomic mass is 15.4. The van der Waals surface area contributed by atoms with Gasteiger partial charge in [-0.2, -0.15) is 0 Å². The lowest BCUT2D eigenvalue weighted by Gasteiger charge is -2.12. The predicted octanol–water partition coefficient (Wildman–Crippen LogP) is 11.0. The van der Waals surface area contributed by atoms with Crippen molar-refractivity contribution in [3.63, 3.8) is 0 Å². The van der Waals surface area contributed by atoms with Crippen molar-refractivity contribution in [1.29, 1.82) is 0 Å². The van der Waals surface area contributed by atoms with Crippen LogP contribution in [0.3, 0.4) is 0 Å². The van der Waals surface area contributed by atoms with Crippen molar-refractivity contribution in [1.82, 2.24) is 9.24 Å². The van der Waals surface area contributed by atoms with Crippen LogP contribution in [-0.2, 0) is 6.54 Å². The minimum Gasteiger partial charge on any atom is -0.321 e. The van der Waals surface area contributed by atoms with E-state index in [1.165, 1.54) is 77.1 Å². The Balaban J connectivity index is 1.22. The molecule has 1 N–H and O–H groups in total. The summed E-state index contributed by atoms with van der Waals surface area (Å²) in [5.41, 5.74) is 15.8. The van der Waals surface area contributed by atoms with Crippen molar-refractivity contribution in [3.05, 3.63) is 175 Å². The minimum absolute atomic E-state index is 0.740. The normalized spacial score (nSPS) is 11.6. The number of rotatable bonds is 6. The van der Waals surface area contributed by atoms with Crippen molar-refractivity contribution in [2.75, 3.05) is 5.43 Å². The molecule has 0 saturated heterocycles. The molecule has 0 saturated carbocycles. The van der Waals surface area contributed by atoms with E-state index in [2.05, 4.69) is 185 Å². The van der Waals surface area contributed by atoms with Crippen LogP contribution in [0.25, 0.3) is 71.6 Å². The Labute approximate surface area is 267 Å². The van der Waals surface area contributed by atoms with Gasteiger partial charge in [-0.25, -0.2) is 0 Å². The topological polar surface area (TPSA) is 21.9 Å². The van der Waals surface area contributed by atoms with Gasteiger partial charge in [0.25, 0.3) is 0 Å². The average Bonchev–Trinajstić information content (AvgIpc) is 3.63. The first-order chi connectivity index (χ1) is 22.8. The van der Waals surface area contributed by atoms with E-state index in [9.17, 15) is 0 Å². The van der Waals surface area contributed by atoms with Crippen LogP contribution in [0.4, 0.5) is 0 Å². The summed E-state index contributed by atoms with van der Waals surface area (Å²) in [5.74, 6) is 0. The molecule has 2 heterocycles. The summed E-state index contributed by atoms with van der Waals surface area (Å²) in [6.07, 6.45) is 0. The quantitative estimate of drug-likeness (QED) is 0.205. The van der Waals surface area contributed by atoms with Crippen LogP contribution in [0.1, 0.15) is 5.56 Å². The molecule has 0 aliphatic heterocycles. The third-order valence-corrected chi connectivity index (χ3v) is 9.18. The highest BCUT2D eigenvalue weighted by Crippen LogP contribution is 2.38. The monoisotopic (exact) mass is 589 g/mol. The van der Waals surface area contributed by atoms with Gasteiger partial charge in [0.15, 0.2) is 0 Å². The Morgan fingerprint density at radius 1 is 0.370 bits per heavy atom. The summed E-state index contributed by atoms with van der Waals surface area (Å²) in [5, 5.41) is 4.99. The van der Waals surface area contributed by atoms with E-state index in [0.717, 1.165) is 6.54 Å². The van der Waals surface area contributed by atoms with Crippen LogP contribution in [0, 0.1) is 0 Å². The van der Waals surface area contributed by atoms with E-state index in [4.69, 9.17) is 0 Å². The number of fused-ring (bicyclic) bond motifs is 6. The molecule has 0 bridgehead atoms. The van der Waals surface area contributed by atoms with Gasteiger partial charge >= 0.3 is 0 Å². The van der Waals surface area contributed by atoms with Crippen LogP contribution < -0.4 is 5.43 Å². The second-order valence-electron chi connectivity index (χ2n) is 11.9. The third-order valence-electron chi connectivity index (χ3n) is 9.18. The molecule has 0 amide bonds. The fraction of sp³-hybridized carbons (Fsp3) is 0.0233. The van der Waals surface area contributed by atoms with Gasteiger partial charge in [0.2, 0.25) is 0 Å². The van der Waals surface area contributed by atoms with Gasteiger partial charge < -0.3 is 9.99 Å². The van der Waals surface area contributed by atoms with Gasteiger partial charge in [-0.1, -0.05) is 115 Å². The molecule has 3 heteroatoms. The molecular formula is C43H31N3. The number of hydrogen-bond donors (Lipinski definition) is 1. The number of benzene rings is 7. The zero-order valence-electron chi connectivity index (χ0n) is 25.3. The first-order valence-corrected chi connectivity index (χ1v) is 15.8. The van der Waals surface area contributed by atoms with E-state index >= 15 is 0 Å². The fourth-order valence-electron chi connectivity index (χ4n) is 6.96. The number of nitrogens with one attached hydrogen (secondary N) is 1. The first kappa shape index (κ1) is 26.4. The van der Waals surface area contributed by atoms with E-state index in [1.807, 2.05) is 0 Å². The van der Waals surface area contributed by atoms with Crippen molar-refractivity contribution >= 4 is 43.6 Å². The summed E-state index contributed by atoms with van der Waals surface area (Å²) < 4.78 is 4.63. The van der Waals surface area contributed by atoms with Crippen LogP contribution in [0.5, 0.6) is 0 Å². The van der Waals surface area contributed by atoms with Crippen LogP contribution >= 0.6 is 0 Å². The highest BCUT2D eigenvalue weighted by Gasteiger charge is 2.16. The second-order valence-corrected chi connectivity index (χ2v) is 11.9. The smallest absolute Gasteiger partial charge is 0.0706 e. The summed E-state index contributed by atoms with van der Waals surface area (Å²) in [6.45, 7) is 0.740.